The van der Waals surface area contributed by atoms with Crippen molar-refractivity contribution in [3.05, 3.63) is 0 Å². The van der Waals surface area contributed by atoms with E-state index in [2.05, 4.69) is 9.98 Å². The molecule has 1 atom stereocenters. The molecule has 0 radical (unpaired) electrons. The van der Waals surface area contributed by atoms with Gasteiger partial charge in [-0.05, 0) is 0 Å². The van der Waals surface area contributed by atoms with Gasteiger partial charge in [-0.25, -0.2) is 0 Å². The molecule has 0 saturated carbocycles. The SMILES string of the molecule is OCC1(O)CN=CC=N1. The van der Waals surface area contributed by atoms with Gasteiger partial charge in [-0.2, -0.15) is 0 Å². The van der Waals surface area contributed by atoms with Crippen LogP contribution in [0.25, 0.3) is 0 Å². The Bertz CT molecular complexity index is 155. The Balaban J connectivity index is 2.63. The van der Waals surface area contributed by atoms with E-state index in [1.165, 1.54) is 12.4 Å². The van der Waals surface area contributed by atoms with Crippen molar-refractivity contribution in [2.24, 2.45) is 9.98 Å². The number of hydrogen-bond acceptors (Lipinski definition) is 4. The summed E-state index contributed by atoms with van der Waals surface area (Å²) < 4.78 is 0. The van der Waals surface area contributed by atoms with E-state index >= 15 is 0 Å². The lowest BCUT2D eigenvalue weighted by Crippen LogP contribution is -2.36. The fourth-order valence-electron chi connectivity index (χ4n) is 0.550. The average Bonchev–Trinajstić information content (AvgIpc) is 1.90. The summed E-state index contributed by atoms with van der Waals surface area (Å²) in [6, 6.07) is 0. The summed E-state index contributed by atoms with van der Waals surface area (Å²) in [5.74, 6) is 0. The second-order valence-corrected chi connectivity index (χ2v) is 1.91. The van der Waals surface area contributed by atoms with Gasteiger partial charge in [-0.1, -0.05) is 0 Å². The van der Waals surface area contributed by atoms with Crippen LogP contribution in [0.4, 0.5) is 0 Å². The number of aliphatic imine (C=N–C) groups is 2. The third-order valence-corrected chi connectivity index (χ3v) is 1.08. The number of hydrogen-bond donors (Lipinski definition) is 2. The van der Waals surface area contributed by atoms with Gasteiger partial charge in [0.25, 0.3) is 0 Å². The summed E-state index contributed by atoms with van der Waals surface area (Å²) in [5.41, 5.74) is -1.35. The van der Waals surface area contributed by atoms with Gasteiger partial charge in [0.2, 0.25) is 0 Å². The highest BCUT2D eigenvalue weighted by Gasteiger charge is 2.24. The fourth-order valence-corrected chi connectivity index (χ4v) is 0.550. The normalized spacial score (nSPS) is 33.1. The van der Waals surface area contributed by atoms with Crippen LogP contribution in [0.5, 0.6) is 0 Å². The van der Waals surface area contributed by atoms with Crippen molar-refractivity contribution in [3.63, 3.8) is 0 Å². The smallest absolute Gasteiger partial charge is 0.198 e. The lowest BCUT2D eigenvalue weighted by atomic mass is 10.2. The van der Waals surface area contributed by atoms with Crippen LogP contribution in [0.15, 0.2) is 9.98 Å². The van der Waals surface area contributed by atoms with Crippen LogP contribution < -0.4 is 0 Å². The Kier molecular flexibility index (Phi) is 1.59. The van der Waals surface area contributed by atoms with Crippen molar-refractivity contribution in [1.82, 2.24) is 0 Å². The molecule has 0 aromatic carbocycles. The monoisotopic (exact) mass is 128 g/mol. The van der Waals surface area contributed by atoms with Gasteiger partial charge in [-0.15, -0.1) is 0 Å². The molecule has 0 saturated heterocycles. The molecule has 50 valence electrons. The molecule has 0 aromatic heterocycles. The molecule has 4 heteroatoms. The first-order chi connectivity index (χ1) is 4.27. The van der Waals surface area contributed by atoms with Gasteiger partial charge >= 0.3 is 0 Å². The largest absolute Gasteiger partial charge is 0.391 e. The van der Waals surface area contributed by atoms with E-state index in [-0.39, 0.29) is 13.2 Å². The first-order valence-corrected chi connectivity index (χ1v) is 2.64. The van der Waals surface area contributed by atoms with E-state index in [9.17, 15) is 0 Å². The number of nitrogens with zero attached hydrogens (tertiary/aromatic N) is 2. The van der Waals surface area contributed by atoms with E-state index < -0.39 is 5.72 Å². The topological polar surface area (TPSA) is 65.2 Å². The van der Waals surface area contributed by atoms with Crippen LogP contribution in [0.2, 0.25) is 0 Å². The summed E-state index contributed by atoms with van der Waals surface area (Å²) in [6.45, 7) is -0.221. The Morgan fingerprint density at radius 1 is 1.56 bits per heavy atom. The quantitative estimate of drug-likeness (QED) is 0.467. The van der Waals surface area contributed by atoms with Crippen molar-refractivity contribution >= 4 is 12.4 Å². The van der Waals surface area contributed by atoms with Crippen LogP contribution in [0, 0.1) is 0 Å². The van der Waals surface area contributed by atoms with E-state index in [0.29, 0.717) is 0 Å². The van der Waals surface area contributed by atoms with Crippen LogP contribution >= 0.6 is 0 Å². The maximum atomic E-state index is 9.12. The summed E-state index contributed by atoms with van der Waals surface area (Å²) in [5, 5.41) is 17.6. The predicted octanol–water partition coefficient (Wildman–Crippen LogP) is -1.18. The summed E-state index contributed by atoms with van der Waals surface area (Å²) in [4.78, 5) is 7.33. The maximum Gasteiger partial charge on any atom is 0.198 e. The fraction of sp³-hybridized carbons (Fsp3) is 0.600. The number of rotatable bonds is 1. The van der Waals surface area contributed by atoms with Gasteiger partial charge in [0, 0.05) is 12.4 Å². The Morgan fingerprint density at radius 2 is 2.33 bits per heavy atom. The third kappa shape index (κ3) is 1.34. The van der Waals surface area contributed by atoms with E-state index in [0.717, 1.165) is 0 Å². The molecule has 0 amide bonds. The number of aliphatic hydroxyl groups is 2. The minimum absolute atomic E-state index is 0.153. The second-order valence-electron chi connectivity index (χ2n) is 1.91. The van der Waals surface area contributed by atoms with Crippen molar-refractivity contribution in [3.8, 4) is 0 Å². The van der Waals surface area contributed by atoms with Gasteiger partial charge in [0.15, 0.2) is 5.72 Å². The van der Waals surface area contributed by atoms with Gasteiger partial charge in [-0.3, -0.25) is 9.98 Å². The van der Waals surface area contributed by atoms with Crippen molar-refractivity contribution in [2.45, 2.75) is 5.72 Å². The highest BCUT2D eigenvalue weighted by molar-refractivity contribution is 6.16. The molecule has 1 aliphatic heterocycles. The van der Waals surface area contributed by atoms with Crippen molar-refractivity contribution in [1.29, 1.82) is 0 Å². The number of aliphatic hydroxyl groups excluding tert-OH is 1. The van der Waals surface area contributed by atoms with Crippen LogP contribution in [0.1, 0.15) is 0 Å². The Hall–Kier alpha value is -0.740. The van der Waals surface area contributed by atoms with Gasteiger partial charge in [0.1, 0.15) is 0 Å². The molecule has 1 heterocycles. The molecule has 9 heavy (non-hydrogen) atoms. The summed E-state index contributed by atoms with van der Waals surface area (Å²) >= 11 is 0. The lowest BCUT2D eigenvalue weighted by Gasteiger charge is -2.19. The van der Waals surface area contributed by atoms with Crippen molar-refractivity contribution < 1.29 is 10.2 Å². The first kappa shape index (κ1) is 6.38. The maximum absolute atomic E-state index is 9.12. The molecule has 0 bridgehead atoms. The Morgan fingerprint density at radius 3 is 2.67 bits per heavy atom. The van der Waals surface area contributed by atoms with Crippen molar-refractivity contribution in [2.75, 3.05) is 13.2 Å². The molecule has 1 unspecified atom stereocenters. The molecule has 1 rings (SSSR count). The molecule has 0 aliphatic carbocycles. The van der Waals surface area contributed by atoms with Gasteiger partial charge < -0.3 is 10.2 Å². The molecule has 2 N–H and O–H groups in total. The molecule has 0 fully saturated rings. The zero-order valence-electron chi connectivity index (χ0n) is 4.86. The summed E-state index contributed by atoms with van der Waals surface area (Å²) in [7, 11) is 0. The minimum Gasteiger partial charge on any atom is -0.391 e. The average molecular weight is 128 g/mol. The molecule has 4 nitrogen and oxygen atoms in total. The van der Waals surface area contributed by atoms with Crippen LogP contribution in [-0.2, 0) is 0 Å². The lowest BCUT2D eigenvalue weighted by molar-refractivity contribution is 0.00165. The third-order valence-electron chi connectivity index (χ3n) is 1.08. The predicted molar refractivity (Wildman–Crippen MR) is 33.9 cm³/mol. The van der Waals surface area contributed by atoms with Gasteiger partial charge in [0.05, 0.1) is 13.2 Å². The molecule has 0 spiro atoms. The highest BCUT2D eigenvalue weighted by Crippen LogP contribution is 2.06. The highest BCUT2D eigenvalue weighted by atomic mass is 16.3. The molecular weight excluding hydrogens is 120 g/mol. The minimum atomic E-state index is -1.35. The zero-order chi connectivity index (χ0) is 6.74. The Labute approximate surface area is 52.6 Å². The molecule has 1 aliphatic rings. The molecular formula is C5H8N2O2. The standard InChI is InChI=1S/C5H8N2O2/c8-4-5(9)3-6-1-2-7-5/h1-2,8-9H,3-4H2. The van der Waals surface area contributed by atoms with Crippen LogP contribution in [-0.4, -0.2) is 41.5 Å². The van der Waals surface area contributed by atoms with Crippen LogP contribution in [0.3, 0.4) is 0 Å². The second kappa shape index (κ2) is 2.24. The first-order valence-electron chi connectivity index (χ1n) is 2.64. The van der Waals surface area contributed by atoms with E-state index in [1.54, 1.807) is 0 Å². The van der Waals surface area contributed by atoms with E-state index in [1.807, 2.05) is 0 Å². The van der Waals surface area contributed by atoms with E-state index in [4.69, 9.17) is 10.2 Å². The summed E-state index contributed by atoms with van der Waals surface area (Å²) in [6.07, 6.45) is 2.86. The molecule has 0 aromatic rings. The zero-order valence-corrected chi connectivity index (χ0v) is 4.86.